The van der Waals surface area contributed by atoms with E-state index in [1.54, 1.807) is 0 Å². The molecule has 1 fully saturated rings. The van der Waals surface area contributed by atoms with E-state index in [0.717, 1.165) is 18.4 Å². The van der Waals surface area contributed by atoms with Gasteiger partial charge in [0.25, 0.3) is 0 Å². The molecule has 14 heavy (non-hydrogen) atoms. The second-order valence-electron chi connectivity index (χ2n) is 4.66. The lowest BCUT2D eigenvalue weighted by Crippen LogP contribution is -2.63. The summed E-state index contributed by atoms with van der Waals surface area (Å²) in [5.74, 6) is 0.583. The number of hydrogen-bond donors (Lipinski definition) is 1. The molecule has 0 bridgehead atoms. The molecule has 0 unspecified atom stereocenters. The number of hydrogen-bond acceptors (Lipinski definition) is 2. The Balaban J connectivity index is 2.59. The van der Waals surface area contributed by atoms with Gasteiger partial charge in [-0.3, -0.25) is 0 Å². The Kier molecular flexibility index (Phi) is 3.42. The third-order valence-corrected chi connectivity index (χ3v) is 3.17. The average molecular weight is 265 g/mol. The molecule has 0 aliphatic carbocycles. The van der Waals surface area contributed by atoms with Gasteiger partial charge in [0.05, 0.1) is 5.54 Å². The topological polar surface area (TPSA) is 43.8 Å². The molecule has 0 aromatic rings. The lowest BCUT2D eigenvalue weighted by atomic mass is 10.0. The zero-order valence-corrected chi connectivity index (χ0v) is 10.4. The maximum absolute atomic E-state index is 11.0. The average Bonchev–Trinajstić information content (AvgIpc) is 1.91. The molecule has 0 saturated carbocycles. The number of carboxylic acid groups (broad SMARTS) is 1. The summed E-state index contributed by atoms with van der Waals surface area (Å²) in [5, 5.41) is 13.3. The van der Waals surface area contributed by atoms with Gasteiger partial charge in [-0.15, -0.1) is 0 Å². The van der Waals surface area contributed by atoms with Gasteiger partial charge in [-0.25, -0.2) is 14.8 Å². The number of hydrazine groups is 1. The predicted octanol–water partition coefficient (Wildman–Crippen LogP) is 2.01. The number of rotatable bonds is 2. The maximum atomic E-state index is 11.0. The van der Waals surface area contributed by atoms with E-state index >= 15 is 0 Å². The smallest absolute Gasteiger partial charge is 0.422 e. The number of nitrogens with zero attached hydrogens (tertiary/aromatic N) is 2. The molecule has 0 radical (unpaired) electrons. The molecule has 5 heteroatoms. The van der Waals surface area contributed by atoms with Crippen LogP contribution in [-0.4, -0.2) is 45.2 Å². The summed E-state index contributed by atoms with van der Waals surface area (Å²) in [4.78, 5) is 11.0. The van der Waals surface area contributed by atoms with Crippen molar-refractivity contribution in [2.45, 2.75) is 26.3 Å². The third-order valence-electron chi connectivity index (χ3n) is 2.26. The van der Waals surface area contributed by atoms with Crippen molar-refractivity contribution >= 4 is 22.0 Å². The summed E-state index contributed by atoms with van der Waals surface area (Å²) in [6, 6.07) is 0. The van der Waals surface area contributed by atoms with Gasteiger partial charge in [-0.2, -0.15) is 0 Å². The quantitative estimate of drug-likeness (QED) is 0.777. The second kappa shape index (κ2) is 4.06. The summed E-state index contributed by atoms with van der Waals surface area (Å²) < 4.78 is 0. The summed E-state index contributed by atoms with van der Waals surface area (Å²) in [5.41, 5.74) is -0.358. The summed E-state index contributed by atoms with van der Waals surface area (Å²) >= 11 is 3.40. The van der Waals surface area contributed by atoms with Gasteiger partial charge < -0.3 is 5.11 Å². The van der Waals surface area contributed by atoms with Crippen LogP contribution >= 0.6 is 15.9 Å². The van der Waals surface area contributed by atoms with Crippen LogP contribution in [0.25, 0.3) is 0 Å². The molecular weight excluding hydrogens is 248 g/mol. The Morgan fingerprint density at radius 1 is 1.57 bits per heavy atom. The van der Waals surface area contributed by atoms with Crippen molar-refractivity contribution in [1.29, 1.82) is 0 Å². The minimum atomic E-state index is -0.870. The molecule has 0 aromatic carbocycles. The molecule has 0 atom stereocenters. The second-order valence-corrected chi connectivity index (χ2v) is 5.30. The van der Waals surface area contributed by atoms with Crippen LogP contribution in [-0.2, 0) is 0 Å². The minimum Gasteiger partial charge on any atom is -0.464 e. The number of alkyl halides is 1. The van der Waals surface area contributed by atoms with Crippen molar-refractivity contribution < 1.29 is 9.90 Å². The lowest BCUT2D eigenvalue weighted by molar-refractivity contribution is -0.123. The Hall–Kier alpha value is -0.290. The Labute approximate surface area is 93.0 Å². The van der Waals surface area contributed by atoms with E-state index in [1.165, 1.54) is 5.01 Å². The molecule has 1 rings (SSSR count). The summed E-state index contributed by atoms with van der Waals surface area (Å²) in [7, 11) is 0. The monoisotopic (exact) mass is 264 g/mol. The van der Waals surface area contributed by atoms with E-state index < -0.39 is 6.09 Å². The Bertz CT molecular complexity index is 221. The van der Waals surface area contributed by atoms with Gasteiger partial charge in [0, 0.05) is 18.4 Å². The van der Waals surface area contributed by atoms with Gasteiger partial charge in [0.15, 0.2) is 0 Å². The van der Waals surface area contributed by atoms with Crippen LogP contribution < -0.4 is 0 Å². The lowest BCUT2D eigenvalue weighted by Gasteiger charge is -2.49. The highest BCUT2D eigenvalue weighted by Gasteiger charge is 2.38. The zero-order chi connectivity index (χ0) is 10.9. The number of halogens is 1. The van der Waals surface area contributed by atoms with Gasteiger partial charge in [0.2, 0.25) is 0 Å². The largest absolute Gasteiger partial charge is 0.464 e. The van der Waals surface area contributed by atoms with Crippen LogP contribution in [0.4, 0.5) is 4.79 Å². The van der Waals surface area contributed by atoms with E-state index in [-0.39, 0.29) is 5.54 Å². The summed E-state index contributed by atoms with van der Waals surface area (Å²) in [6.07, 6.45) is -0.870. The fraction of sp³-hybridized carbons (Fsp3) is 0.889. The van der Waals surface area contributed by atoms with Crippen molar-refractivity contribution in [2.24, 2.45) is 5.92 Å². The normalized spacial score (nSPS) is 19.1. The molecular formula is C9H17BrN2O2. The van der Waals surface area contributed by atoms with Gasteiger partial charge in [0.1, 0.15) is 0 Å². The molecule has 1 amide bonds. The van der Waals surface area contributed by atoms with Crippen LogP contribution in [0.1, 0.15) is 20.8 Å². The minimum absolute atomic E-state index is 0.358. The van der Waals surface area contributed by atoms with Crippen LogP contribution in [0.5, 0.6) is 0 Å². The van der Waals surface area contributed by atoms with E-state index in [9.17, 15) is 4.79 Å². The first kappa shape index (κ1) is 11.8. The SMILES string of the molecule is CC(C)(C)N(C(=O)O)N1CC(CBr)C1. The van der Waals surface area contributed by atoms with Gasteiger partial charge >= 0.3 is 6.09 Å². The van der Waals surface area contributed by atoms with E-state index in [1.807, 2.05) is 25.8 Å². The van der Waals surface area contributed by atoms with Crippen LogP contribution in [0.15, 0.2) is 0 Å². The standard InChI is InChI=1S/C9H17BrN2O2/c1-9(2,3)12(8(13)14)11-5-7(4-10)6-11/h7H,4-6H2,1-3H3,(H,13,14). The van der Waals surface area contributed by atoms with Crippen molar-refractivity contribution in [3.63, 3.8) is 0 Å². The Morgan fingerprint density at radius 2 is 2.07 bits per heavy atom. The van der Waals surface area contributed by atoms with Crippen LogP contribution in [0.3, 0.4) is 0 Å². The highest BCUT2D eigenvalue weighted by molar-refractivity contribution is 9.09. The number of amides is 1. The first-order valence-electron chi connectivity index (χ1n) is 4.70. The van der Waals surface area contributed by atoms with E-state index in [0.29, 0.717) is 5.92 Å². The highest BCUT2D eigenvalue weighted by atomic mass is 79.9. The highest BCUT2D eigenvalue weighted by Crippen LogP contribution is 2.25. The molecule has 1 aliphatic heterocycles. The maximum Gasteiger partial charge on any atom is 0.422 e. The molecule has 0 spiro atoms. The number of carbonyl (C=O) groups is 1. The fourth-order valence-electron chi connectivity index (χ4n) is 1.64. The molecule has 1 aliphatic rings. The van der Waals surface area contributed by atoms with Crippen LogP contribution in [0, 0.1) is 5.92 Å². The zero-order valence-electron chi connectivity index (χ0n) is 8.83. The van der Waals surface area contributed by atoms with Crippen LogP contribution in [0.2, 0.25) is 0 Å². The van der Waals surface area contributed by atoms with Crippen molar-refractivity contribution in [1.82, 2.24) is 10.0 Å². The van der Waals surface area contributed by atoms with Gasteiger partial charge in [-0.05, 0) is 26.7 Å². The molecule has 1 N–H and O–H groups in total. The predicted molar refractivity (Wildman–Crippen MR) is 58.5 cm³/mol. The van der Waals surface area contributed by atoms with Gasteiger partial charge in [-0.1, -0.05) is 15.9 Å². The molecule has 82 valence electrons. The van der Waals surface area contributed by atoms with E-state index in [2.05, 4.69) is 15.9 Å². The molecule has 1 heterocycles. The van der Waals surface area contributed by atoms with Crippen molar-refractivity contribution in [3.8, 4) is 0 Å². The first-order chi connectivity index (χ1) is 6.36. The third kappa shape index (κ3) is 2.39. The Morgan fingerprint density at radius 3 is 2.36 bits per heavy atom. The summed E-state index contributed by atoms with van der Waals surface area (Å²) in [6.45, 7) is 7.37. The fourth-order valence-corrected chi connectivity index (χ4v) is 2.05. The molecule has 4 nitrogen and oxygen atoms in total. The van der Waals surface area contributed by atoms with E-state index in [4.69, 9.17) is 5.11 Å². The molecule has 0 aromatic heterocycles. The first-order valence-corrected chi connectivity index (χ1v) is 5.82. The van der Waals surface area contributed by atoms with Crippen molar-refractivity contribution in [2.75, 3.05) is 18.4 Å². The molecule has 1 saturated heterocycles. The van der Waals surface area contributed by atoms with Crippen molar-refractivity contribution in [3.05, 3.63) is 0 Å².